The molecule has 6 nitrogen and oxygen atoms in total. The van der Waals surface area contributed by atoms with E-state index in [0.717, 1.165) is 39.3 Å². The second-order valence-corrected chi connectivity index (χ2v) is 5.55. The van der Waals surface area contributed by atoms with Crippen LogP contribution < -0.4 is 0 Å². The average Bonchev–Trinajstić information content (AvgIpc) is 3.00. The van der Waals surface area contributed by atoms with E-state index in [2.05, 4.69) is 4.90 Å². The van der Waals surface area contributed by atoms with Crippen LogP contribution in [-0.2, 0) is 4.74 Å². The van der Waals surface area contributed by atoms with Gasteiger partial charge in [-0.2, -0.15) is 0 Å². The predicted molar refractivity (Wildman–Crippen MR) is 76.5 cm³/mol. The van der Waals surface area contributed by atoms with Gasteiger partial charge in [0.25, 0.3) is 5.91 Å². The van der Waals surface area contributed by atoms with Crippen LogP contribution >= 0.6 is 0 Å². The molecule has 2 saturated heterocycles. The van der Waals surface area contributed by atoms with Crippen LogP contribution in [0.2, 0.25) is 0 Å². The molecule has 0 bridgehead atoms. The monoisotopic (exact) mass is 292 g/mol. The van der Waals surface area contributed by atoms with E-state index in [4.69, 9.17) is 4.74 Å². The van der Waals surface area contributed by atoms with Gasteiger partial charge in [0.05, 0.1) is 13.2 Å². The Morgan fingerprint density at radius 3 is 2.62 bits per heavy atom. The number of carbonyl (C=O) groups excluding carboxylic acids is 1. The van der Waals surface area contributed by atoms with Gasteiger partial charge < -0.3 is 19.8 Å². The molecular weight excluding hydrogens is 272 g/mol. The number of benzene rings is 1. The molecule has 1 aromatic rings. The lowest BCUT2D eigenvalue weighted by atomic mass is 10.2. The van der Waals surface area contributed by atoms with Crippen LogP contribution in [0, 0.1) is 0 Å². The minimum Gasteiger partial charge on any atom is -0.504 e. The SMILES string of the molecule is O=C(c1ccc(O)c(O)c1)N1CCC(N2CCOCC2)C1. The van der Waals surface area contributed by atoms with Gasteiger partial charge in [0.15, 0.2) is 11.5 Å². The summed E-state index contributed by atoms with van der Waals surface area (Å²) in [6.07, 6.45) is 0.968. The lowest BCUT2D eigenvalue weighted by Gasteiger charge is -2.32. The molecule has 2 fully saturated rings. The molecule has 1 aromatic carbocycles. The fourth-order valence-corrected chi connectivity index (χ4v) is 3.01. The van der Waals surface area contributed by atoms with Gasteiger partial charge in [0, 0.05) is 37.8 Å². The van der Waals surface area contributed by atoms with E-state index in [0.29, 0.717) is 18.2 Å². The first-order chi connectivity index (χ1) is 10.1. The molecule has 2 N–H and O–H groups in total. The maximum atomic E-state index is 12.4. The van der Waals surface area contributed by atoms with Crippen LogP contribution in [0.1, 0.15) is 16.8 Å². The summed E-state index contributed by atoms with van der Waals surface area (Å²) < 4.78 is 5.35. The highest BCUT2D eigenvalue weighted by molar-refractivity contribution is 5.95. The van der Waals surface area contributed by atoms with Crippen LogP contribution in [0.5, 0.6) is 11.5 Å². The maximum Gasteiger partial charge on any atom is 0.254 e. The molecule has 2 aliphatic heterocycles. The highest BCUT2D eigenvalue weighted by Crippen LogP contribution is 2.26. The Bertz CT molecular complexity index is 528. The summed E-state index contributed by atoms with van der Waals surface area (Å²) in [6.45, 7) is 4.80. The topological polar surface area (TPSA) is 73.2 Å². The number of aromatic hydroxyl groups is 2. The van der Waals surface area contributed by atoms with Gasteiger partial charge in [-0.15, -0.1) is 0 Å². The lowest BCUT2D eigenvalue weighted by molar-refractivity contribution is 0.0185. The van der Waals surface area contributed by atoms with E-state index < -0.39 is 0 Å². The van der Waals surface area contributed by atoms with Crippen molar-refractivity contribution in [2.45, 2.75) is 12.5 Å². The third kappa shape index (κ3) is 2.96. The number of carbonyl (C=O) groups is 1. The van der Waals surface area contributed by atoms with Gasteiger partial charge in [0.2, 0.25) is 0 Å². The summed E-state index contributed by atoms with van der Waals surface area (Å²) >= 11 is 0. The van der Waals surface area contributed by atoms with Gasteiger partial charge in [-0.3, -0.25) is 9.69 Å². The Hall–Kier alpha value is -1.79. The maximum absolute atomic E-state index is 12.4. The van der Waals surface area contributed by atoms with Crippen LogP contribution in [0.3, 0.4) is 0 Å². The molecule has 6 heteroatoms. The number of likely N-dealkylation sites (tertiary alicyclic amines) is 1. The number of amides is 1. The van der Waals surface area contributed by atoms with E-state index in [1.165, 1.54) is 12.1 Å². The molecule has 0 saturated carbocycles. The van der Waals surface area contributed by atoms with E-state index in [1.807, 2.05) is 4.90 Å². The normalized spacial score (nSPS) is 23.4. The Kier molecular flexibility index (Phi) is 3.98. The minimum absolute atomic E-state index is 0.0962. The zero-order chi connectivity index (χ0) is 14.8. The van der Waals surface area contributed by atoms with Crippen molar-refractivity contribution in [3.8, 4) is 11.5 Å². The lowest BCUT2D eigenvalue weighted by Crippen LogP contribution is -2.45. The standard InChI is InChI=1S/C15H20N2O4/c18-13-2-1-11(9-14(13)19)15(20)17-4-3-12(10-17)16-5-7-21-8-6-16/h1-2,9,12,18-19H,3-8,10H2. The van der Waals surface area contributed by atoms with Gasteiger partial charge in [-0.25, -0.2) is 0 Å². The molecule has 0 aliphatic carbocycles. The number of rotatable bonds is 2. The van der Waals surface area contributed by atoms with Crippen LogP contribution in [-0.4, -0.2) is 71.4 Å². The molecule has 3 rings (SSSR count). The van der Waals surface area contributed by atoms with Gasteiger partial charge >= 0.3 is 0 Å². The van der Waals surface area contributed by atoms with Crippen molar-refractivity contribution in [1.29, 1.82) is 0 Å². The number of hydrogen-bond donors (Lipinski definition) is 2. The molecule has 2 aliphatic rings. The van der Waals surface area contributed by atoms with Crippen molar-refractivity contribution in [1.82, 2.24) is 9.80 Å². The quantitative estimate of drug-likeness (QED) is 0.783. The molecule has 0 radical (unpaired) electrons. The summed E-state index contributed by atoms with van der Waals surface area (Å²) in [6, 6.07) is 4.60. The zero-order valence-electron chi connectivity index (χ0n) is 11.9. The Labute approximate surface area is 123 Å². The molecular formula is C15H20N2O4. The largest absolute Gasteiger partial charge is 0.504 e. The Morgan fingerprint density at radius 1 is 1.14 bits per heavy atom. The summed E-state index contributed by atoms with van der Waals surface area (Å²) in [5.74, 6) is -0.565. The molecule has 0 aromatic heterocycles. The van der Waals surface area contributed by atoms with Crippen molar-refractivity contribution < 1.29 is 19.7 Å². The second-order valence-electron chi connectivity index (χ2n) is 5.55. The predicted octanol–water partition coefficient (Wildman–Crippen LogP) is 0.644. The van der Waals surface area contributed by atoms with Crippen LogP contribution in [0.4, 0.5) is 0 Å². The summed E-state index contributed by atoms with van der Waals surface area (Å²) in [5, 5.41) is 18.8. The molecule has 1 unspecified atom stereocenters. The van der Waals surface area contributed by atoms with E-state index in [9.17, 15) is 15.0 Å². The highest BCUT2D eigenvalue weighted by Gasteiger charge is 2.31. The molecule has 2 heterocycles. The number of ether oxygens (including phenoxy) is 1. The number of hydrogen-bond acceptors (Lipinski definition) is 5. The first-order valence-electron chi connectivity index (χ1n) is 7.28. The summed E-state index contributed by atoms with van der Waals surface area (Å²) in [7, 11) is 0. The third-order valence-corrected chi connectivity index (χ3v) is 4.24. The molecule has 114 valence electrons. The summed E-state index contributed by atoms with van der Waals surface area (Å²) in [4.78, 5) is 16.6. The minimum atomic E-state index is -0.259. The fourth-order valence-electron chi connectivity index (χ4n) is 3.01. The number of phenols is 2. The van der Waals surface area contributed by atoms with Crippen LogP contribution in [0.25, 0.3) is 0 Å². The molecule has 0 spiro atoms. The van der Waals surface area contributed by atoms with Crippen LogP contribution in [0.15, 0.2) is 18.2 Å². The van der Waals surface area contributed by atoms with Gasteiger partial charge in [-0.05, 0) is 24.6 Å². The van der Waals surface area contributed by atoms with Crippen molar-refractivity contribution >= 4 is 5.91 Å². The molecule has 1 amide bonds. The van der Waals surface area contributed by atoms with Crippen molar-refractivity contribution in [3.63, 3.8) is 0 Å². The summed E-state index contributed by atoms with van der Waals surface area (Å²) in [5.41, 5.74) is 0.410. The van der Waals surface area contributed by atoms with Gasteiger partial charge in [-0.1, -0.05) is 0 Å². The van der Waals surface area contributed by atoms with Gasteiger partial charge in [0.1, 0.15) is 0 Å². The van der Waals surface area contributed by atoms with Crippen molar-refractivity contribution in [2.75, 3.05) is 39.4 Å². The van der Waals surface area contributed by atoms with Crippen molar-refractivity contribution in [3.05, 3.63) is 23.8 Å². The highest BCUT2D eigenvalue weighted by atomic mass is 16.5. The Morgan fingerprint density at radius 2 is 1.90 bits per heavy atom. The average molecular weight is 292 g/mol. The fraction of sp³-hybridized carbons (Fsp3) is 0.533. The third-order valence-electron chi connectivity index (χ3n) is 4.24. The first kappa shape index (κ1) is 14.2. The number of nitrogens with zero attached hydrogens (tertiary/aromatic N) is 2. The van der Waals surface area contributed by atoms with E-state index in [-0.39, 0.29) is 17.4 Å². The van der Waals surface area contributed by atoms with E-state index in [1.54, 1.807) is 6.07 Å². The first-order valence-corrected chi connectivity index (χ1v) is 7.28. The second kappa shape index (κ2) is 5.91. The number of phenolic OH excluding ortho intramolecular Hbond substituents is 2. The zero-order valence-corrected chi connectivity index (χ0v) is 11.9. The smallest absolute Gasteiger partial charge is 0.254 e. The molecule has 21 heavy (non-hydrogen) atoms. The van der Waals surface area contributed by atoms with E-state index >= 15 is 0 Å². The van der Waals surface area contributed by atoms with Crippen molar-refractivity contribution in [2.24, 2.45) is 0 Å². The number of morpholine rings is 1. The Balaban J connectivity index is 1.64. The molecule has 1 atom stereocenters.